The minimum absolute atomic E-state index is 0.225. The van der Waals surface area contributed by atoms with Crippen LogP contribution in [0, 0.1) is 5.92 Å². The van der Waals surface area contributed by atoms with Crippen LogP contribution in [-0.4, -0.2) is 37.5 Å². The Labute approximate surface area is 177 Å². The number of amides is 3. The number of rotatable bonds is 8. The third-order valence-corrected chi connectivity index (χ3v) is 4.40. The SMILES string of the molecule is CC(C)CNC(=O)c1ccc(NC(=O)NCc2cccc(CN(C)C)c2)cc1Cl. The maximum absolute atomic E-state index is 12.2. The van der Waals surface area contributed by atoms with Crippen molar-refractivity contribution in [1.29, 1.82) is 0 Å². The largest absolute Gasteiger partial charge is 0.352 e. The van der Waals surface area contributed by atoms with Gasteiger partial charge in [-0.05, 0) is 49.3 Å². The number of nitrogens with one attached hydrogen (secondary N) is 3. The lowest BCUT2D eigenvalue weighted by molar-refractivity contribution is 0.0949. The zero-order valence-corrected chi connectivity index (χ0v) is 18.1. The second-order valence-corrected chi connectivity index (χ2v) is 8.07. The molecule has 0 saturated carbocycles. The number of benzene rings is 2. The van der Waals surface area contributed by atoms with E-state index in [2.05, 4.69) is 33.0 Å². The van der Waals surface area contributed by atoms with Gasteiger partial charge in [0.15, 0.2) is 0 Å². The number of halogens is 1. The summed E-state index contributed by atoms with van der Waals surface area (Å²) >= 11 is 6.22. The van der Waals surface area contributed by atoms with Crippen molar-refractivity contribution in [2.45, 2.75) is 26.9 Å². The first-order chi connectivity index (χ1) is 13.7. The van der Waals surface area contributed by atoms with E-state index in [1.165, 1.54) is 5.56 Å². The van der Waals surface area contributed by atoms with E-state index in [9.17, 15) is 9.59 Å². The summed E-state index contributed by atoms with van der Waals surface area (Å²) in [5.74, 6) is 0.128. The maximum atomic E-state index is 12.2. The summed E-state index contributed by atoms with van der Waals surface area (Å²) in [5.41, 5.74) is 3.12. The van der Waals surface area contributed by atoms with Crippen molar-refractivity contribution in [2.24, 2.45) is 5.92 Å². The minimum Gasteiger partial charge on any atom is -0.352 e. The molecule has 7 heteroatoms. The van der Waals surface area contributed by atoms with E-state index in [0.717, 1.165) is 12.1 Å². The molecule has 0 saturated heterocycles. The molecule has 0 heterocycles. The number of anilines is 1. The number of carbonyl (C=O) groups excluding carboxylic acids is 2. The zero-order chi connectivity index (χ0) is 21.4. The molecule has 0 aliphatic heterocycles. The summed E-state index contributed by atoms with van der Waals surface area (Å²) in [6.45, 7) is 5.87. The molecule has 0 atom stereocenters. The molecular formula is C22H29ClN4O2. The van der Waals surface area contributed by atoms with Gasteiger partial charge >= 0.3 is 6.03 Å². The average Bonchev–Trinajstić information content (AvgIpc) is 2.64. The maximum Gasteiger partial charge on any atom is 0.319 e. The molecule has 0 bridgehead atoms. The fraction of sp³-hybridized carbons (Fsp3) is 0.364. The standard InChI is InChI=1S/C22H29ClN4O2/c1-15(2)12-24-21(28)19-9-8-18(11-20(19)23)26-22(29)25-13-16-6-5-7-17(10-16)14-27(3)4/h5-11,15H,12-14H2,1-4H3,(H,24,28)(H2,25,26,29). The molecule has 0 fully saturated rings. The van der Waals surface area contributed by atoms with E-state index in [0.29, 0.717) is 35.3 Å². The molecule has 6 nitrogen and oxygen atoms in total. The molecule has 3 amide bonds. The van der Waals surface area contributed by atoms with Gasteiger partial charge in [-0.1, -0.05) is 49.7 Å². The van der Waals surface area contributed by atoms with E-state index in [4.69, 9.17) is 11.6 Å². The highest BCUT2D eigenvalue weighted by atomic mass is 35.5. The van der Waals surface area contributed by atoms with E-state index in [1.807, 2.05) is 40.1 Å². The summed E-state index contributed by atoms with van der Waals surface area (Å²) in [7, 11) is 4.03. The Balaban J connectivity index is 1.90. The molecular weight excluding hydrogens is 388 g/mol. The number of hydrogen-bond acceptors (Lipinski definition) is 3. The highest BCUT2D eigenvalue weighted by Gasteiger charge is 2.12. The highest BCUT2D eigenvalue weighted by Crippen LogP contribution is 2.21. The topological polar surface area (TPSA) is 73.5 Å². The lowest BCUT2D eigenvalue weighted by atomic mass is 10.1. The van der Waals surface area contributed by atoms with Gasteiger partial charge in [-0.3, -0.25) is 4.79 Å². The van der Waals surface area contributed by atoms with Crippen LogP contribution < -0.4 is 16.0 Å². The Morgan fingerprint density at radius 2 is 1.76 bits per heavy atom. The summed E-state index contributed by atoms with van der Waals surface area (Å²) in [6, 6.07) is 12.6. The molecule has 0 aliphatic carbocycles. The average molecular weight is 417 g/mol. The lowest BCUT2D eigenvalue weighted by Crippen LogP contribution is -2.29. The van der Waals surface area contributed by atoms with E-state index >= 15 is 0 Å². The summed E-state index contributed by atoms with van der Waals surface area (Å²) in [6.07, 6.45) is 0. The highest BCUT2D eigenvalue weighted by molar-refractivity contribution is 6.34. The van der Waals surface area contributed by atoms with Crippen LogP contribution in [0.15, 0.2) is 42.5 Å². The quantitative estimate of drug-likeness (QED) is 0.606. The van der Waals surface area contributed by atoms with Gasteiger partial charge in [0.05, 0.1) is 10.6 Å². The Morgan fingerprint density at radius 1 is 1.03 bits per heavy atom. The van der Waals surface area contributed by atoms with Crippen LogP contribution in [0.2, 0.25) is 5.02 Å². The molecule has 0 unspecified atom stereocenters. The first kappa shape index (κ1) is 22.7. The summed E-state index contributed by atoms with van der Waals surface area (Å²) < 4.78 is 0. The van der Waals surface area contributed by atoms with Crippen LogP contribution in [-0.2, 0) is 13.1 Å². The van der Waals surface area contributed by atoms with E-state index < -0.39 is 0 Å². The third-order valence-electron chi connectivity index (χ3n) is 4.09. The minimum atomic E-state index is -0.337. The van der Waals surface area contributed by atoms with Crippen LogP contribution in [0.5, 0.6) is 0 Å². The van der Waals surface area contributed by atoms with Crippen LogP contribution in [0.3, 0.4) is 0 Å². The zero-order valence-electron chi connectivity index (χ0n) is 17.4. The molecule has 0 radical (unpaired) electrons. The van der Waals surface area contributed by atoms with Gasteiger partial charge in [-0.2, -0.15) is 0 Å². The predicted molar refractivity (Wildman–Crippen MR) is 118 cm³/mol. The molecule has 2 rings (SSSR count). The normalized spacial score (nSPS) is 10.9. The fourth-order valence-corrected chi connectivity index (χ4v) is 3.00. The number of urea groups is 1. The molecule has 2 aromatic carbocycles. The van der Waals surface area contributed by atoms with Crippen molar-refractivity contribution in [3.63, 3.8) is 0 Å². The van der Waals surface area contributed by atoms with Gasteiger partial charge in [-0.15, -0.1) is 0 Å². The van der Waals surface area contributed by atoms with E-state index in [-0.39, 0.29) is 11.9 Å². The Hall–Kier alpha value is -2.57. The summed E-state index contributed by atoms with van der Waals surface area (Å²) in [4.78, 5) is 26.5. The van der Waals surface area contributed by atoms with Crippen molar-refractivity contribution >= 4 is 29.2 Å². The van der Waals surface area contributed by atoms with Crippen molar-refractivity contribution in [2.75, 3.05) is 26.0 Å². The van der Waals surface area contributed by atoms with Gasteiger partial charge in [0.1, 0.15) is 0 Å². The molecule has 156 valence electrons. The second-order valence-electron chi connectivity index (χ2n) is 7.66. The Morgan fingerprint density at radius 3 is 2.41 bits per heavy atom. The van der Waals surface area contributed by atoms with Crippen molar-refractivity contribution < 1.29 is 9.59 Å². The van der Waals surface area contributed by atoms with Gasteiger partial charge in [-0.25, -0.2) is 4.79 Å². The van der Waals surface area contributed by atoms with Crippen LogP contribution in [0.4, 0.5) is 10.5 Å². The van der Waals surface area contributed by atoms with Crippen LogP contribution in [0.25, 0.3) is 0 Å². The van der Waals surface area contributed by atoms with Crippen LogP contribution in [0.1, 0.15) is 35.3 Å². The molecule has 0 spiro atoms. The van der Waals surface area contributed by atoms with Gasteiger partial charge in [0, 0.05) is 25.3 Å². The molecule has 3 N–H and O–H groups in total. The smallest absolute Gasteiger partial charge is 0.319 e. The van der Waals surface area contributed by atoms with Gasteiger partial charge in [0.25, 0.3) is 5.91 Å². The van der Waals surface area contributed by atoms with Gasteiger partial charge in [0.2, 0.25) is 0 Å². The van der Waals surface area contributed by atoms with Crippen molar-refractivity contribution in [3.05, 3.63) is 64.2 Å². The number of carbonyl (C=O) groups is 2. The van der Waals surface area contributed by atoms with E-state index in [1.54, 1.807) is 18.2 Å². The Bertz CT molecular complexity index is 852. The fourth-order valence-electron chi connectivity index (χ4n) is 2.73. The molecule has 29 heavy (non-hydrogen) atoms. The van der Waals surface area contributed by atoms with Crippen molar-refractivity contribution in [1.82, 2.24) is 15.5 Å². The van der Waals surface area contributed by atoms with Gasteiger partial charge < -0.3 is 20.9 Å². The van der Waals surface area contributed by atoms with Crippen LogP contribution >= 0.6 is 11.6 Å². The summed E-state index contributed by atoms with van der Waals surface area (Å²) in [5, 5.41) is 8.69. The molecule has 0 aromatic heterocycles. The van der Waals surface area contributed by atoms with Crippen molar-refractivity contribution in [3.8, 4) is 0 Å². The third kappa shape index (κ3) is 7.75. The first-order valence-corrected chi connectivity index (χ1v) is 9.97. The number of hydrogen-bond donors (Lipinski definition) is 3. The lowest BCUT2D eigenvalue weighted by Gasteiger charge is -2.12. The number of nitrogens with zero attached hydrogens (tertiary/aromatic N) is 1. The predicted octanol–water partition coefficient (Wildman–Crippen LogP) is 4.11. The molecule has 0 aliphatic rings. The first-order valence-electron chi connectivity index (χ1n) is 9.59. The monoisotopic (exact) mass is 416 g/mol. The second kappa shape index (κ2) is 10.8. The Kier molecular flexibility index (Phi) is 8.49. The molecule has 2 aromatic rings.